The summed E-state index contributed by atoms with van der Waals surface area (Å²) in [5, 5.41) is 11.2. The van der Waals surface area contributed by atoms with Gasteiger partial charge in [0, 0.05) is 24.7 Å². The minimum atomic E-state index is -0.438. The van der Waals surface area contributed by atoms with Crippen molar-refractivity contribution in [1.29, 1.82) is 0 Å². The standard InChI is InChI=1S/C22H24N2O4/c1-16(18-9-10-18)23(15-17-7-12-20(28-2)13-8-17)22(25)14-11-19-5-3-4-6-21(19)24(26)27/h3-8,11-14,16,18H,9-10,15H2,1-2H3/b14-11+. The van der Waals surface area contributed by atoms with E-state index in [0.717, 1.165) is 24.2 Å². The lowest BCUT2D eigenvalue weighted by Gasteiger charge is -2.28. The Labute approximate surface area is 164 Å². The molecule has 0 saturated heterocycles. The molecule has 6 nitrogen and oxygen atoms in total. The molecule has 0 heterocycles. The molecule has 1 amide bonds. The third-order valence-electron chi connectivity index (χ3n) is 5.13. The number of nitro groups is 1. The lowest BCUT2D eigenvalue weighted by Crippen LogP contribution is -2.38. The smallest absolute Gasteiger partial charge is 0.276 e. The summed E-state index contributed by atoms with van der Waals surface area (Å²) in [6.07, 6.45) is 5.22. The van der Waals surface area contributed by atoms with Crippen LogP contribution in [-0.4, -0.2) is 28.9 Å². The number of hydrogen-bond acceptors (Lipinski definition) is 4. The molecule has 0 aromatic heterocycles. The van der Waals surface area contributed by atoms with E-state index in [2.05, 4.69) is 6.92 Å². The van der Waals surface area contributed by atoms with Gasteiger partial charge in [0.25, 0.3) is 5.69 Å². The molecule has 0 aliphatic heterocycles. The first-order valence-electron chi connectivity index (χ1n) is 9.34. The Hall–Kier alpha value is -3.15. The van der Waals surface area contributed by atoms with Gasteiger partial charge in [-0.05, 0) is 55.5 Å². The molecule has 0 bridgehead atoms. The Morgan fingerprint density at radius 1 is 1.25 bits per heavy atom. The summed E-state index contributed by atoms with van der Waals surface area (Å²) < 4.78 is 5.19. The highest BCUT2D eigenvalue weighted by Crippen LogP contribution is 2.36. The predicted molar refractivity (Wildman–Crippen MR) is 108 cm³/mol. The Kier molecular flexibility index (Phi) is 6.09. The molecule has 0 N–H and O–H groups in total. The topological polar surface area (TPSA) is 72.7 Å². The van der Waals surface area contributed by atoms with Gasteiger partial charge in [-0.1, -0.05) is 24.3 Å². The summed E-state index contributed by atoms with van der Waals surface area (Å²) in [5.41, 5.74) is 1.42. The van der Waals surface area contributed by atoms with Crippen molar-refractivity contribution < 1.29 is 14.5 Å². The van der Waals surface area contributed by atoms with E-state index >= 15 is 0 Å². The molecule has 0 radical (unpaired) electrons. The molecule has 28 heavy (non-hydrogen) atoms. The van der Waals surface area contributed by atoms with Crippen molar-refractivity contribution >= 4 is 17.7 Å². The third-order valence-corrected chi connectivity index (χ3v) is 5.13. The fourth-order valence-corrected chi connectivity index (χ4v) is 3.23. The van der Waals surface area contributed by atoms with Gasteiger partial charge >= 0.3 is 0 Å². The molecule has 1 fully saturated rings. The monoisotopic (exact) mass is 380 g/mol. The van der Waals surface area contributed by atoms with E-state index in [9.17, 15) is 14.9 Å². The normalized spacial score (nSPS) is 14.6. The van der Waals surface area contributed by atoms with E-state index in [4.69, 9.17) is 4.74 Å². The first-order chi connectivity index (χ1) is 13.5. The number of para-hydroxylation sites is 1. The lowest BCUT2D eigenvalue weighted by atomic mass is 10.1. The summed E-state index contributed by atoms with van der Waals surface area (Å²) in [5.74, 6) is 1.14. The average Bonchev–Trinajstić information content (AvgIpc) is 3.55. The van der Waals surface area contributed by atoms with Crippen molar-refractivity contribution in [1.82, 2.24) is 4.90 Å². The van der Waals surface area contributed by atoms with E-state index in [0.29, 0.717) is 18.0 Å². The van der Waals surface area contributed by atoms with Gasteiger partial charge in [-0.3, -0.25) is 14.9 Å². The number of nitro benzene ring substituents is 1. The second-order valence-electron chi connectivity index (χ2n) is 7.04. The van der Waals surface area contributed by atoms with Crippen LogP contribution in [0.1, 0.15) is 30.9 Å². The molecule has 6 heteroatoms. The van der Waals surface area contributed by atoms with E-state index in [1.807, 2.05) is 29.2 Å². The van der Waals surface area contributed by atoms with Crippen LogP contribution in [0.2, 0.25) is 0 Å². The zero-order valence-electron chi connectivity index (χ0n) is 16.1. The van der Waals surface area contributed by atoms with Crippen LogP contribution in [0.5, 0.6) is 5.75 Å². The average molecular weight is 380 g/mol. The van der Waals surface area contributed by atoms with Crippen LogP contribution in [-0.2, 0) is 11.3 Å². The maximum absolute atomic E-state index is 12.9. The summed E-state index contributed by atoms with van der Waals surface area (Å²) in [7, 11) is 1.62. The minimum Gasteiger partial charge on any atom is -0.497 e. The largest absolute Gasteiger partial charge is 0.497 e. The third kappa shape index (κ3) is 4.76. The van der Waals surface area contributed by atoms with Gasteiger partial charge < -0.3 is 9.64 Å². The quantitative estimate of drug-likeness (QED) is 0.385. The van der Waals surface area contributed by atoms with Crippen molar-refractivity contribution in [2.45, 2.75) is 32.4 Å². The number of ether oxygens (including phenoxy) is 1. The van der Waals surface area contributed by atoms with Crippen LogP contribution >= 0.6 is 0 Å². The molecule has 2 aromatic rings. The van der Waals surface area contributed by atoms with Crippen molar-refractivity contribution in [3.05, 3.63) is 75.8 Å². The van der Waals surface area contributed by atoms with Gasteiger partial charge in [-0.15, -0.1) is 0 Å². The van der Waals surface area contributed by atoms with Crippen LogP contribution < -0.4 is 4.74 Å². The van der Waals surface area contributed by atoms with Crippen molar-refractivity contribution in [3.8, 4) is 5.75 Å². The van der Waals surface area contributed by atoms with E-state index in [1.54, 1.807) is 25.3 Å². The second-order valence-corrected chi connectivity index (χ2v) is 7.04. The van der Waals surface area contributed by atoms with E-state index in [-0.39, 0.29) is 17.6 Å². The molecule has 146 valence electrons. The zero-order chi connectivity index (χ0) is 20.1. The van der Waals surface area contributed by atoms with Crippen molar-refractivity contribution in [2.75, 3.05) is 7.11 Å². The molecule has 1 atom stereocenters. The summed E-state index contributed by atoms with van der Waals surface area (Å²) >= 11 is 0. The van der Waals surface area contributed by atoms with Crippen LogP contribution in [0, 0.1) is 16.0 Å². The Balaban J connectivity index is 1.79. The molecule has 2 aromatic carbocycles. The van der Waals surface area contributed by atoms with Gasteiger partial charge in [0.15, 0.2) is 0 Å². The number of methoxy groups -OCH3 is 1. The number of carbonyl (C=O) groups excluding carboxylic acids is 1. The van der Waals surface area contributed by atoms with E-state index < -0.39 is 4.92 Å². The highest BCUT2D eigenvalue weighted by atomic mass is 16.6. The van der Waals surface area contributed by atoms with Crippen LogP contribution in [0.3, 0.4) is 0 Å². The Morgan fingerprint density at radius 2 is 1.93 bits per heavy atom. The van der Waals surface area contributed by atoms with Crippen LogP contribution in [0.25, 0.3) is 6.08 Å². The number of carbonyl (C=O) groups is 1. The van der Waals surface area contributed by atoms with Crippen molar-refractivity contribution in [2.24, 2.45) is 5.92 Å². The highest BCUT2D eigenvalue weighted by Gasteiger charge is 2.33. The SMILES string of the molecule is COc1ccc(CN(C(=O)/C=C/c2ccccc2[N+](=O)[O-])C(C)C2CC2)cc1. The number of rotatable bonds is 8. The first kappa shape index (κ1) is 19.6. The van der Waals surface area contributed by atoms with Crippen LogP contribution in [0.4, 0.5) is 5.69 Å². The predicted octanol–water partition coefficient (Wildman–Crippen LogP) is 4.44. The molecule has 0 spiro atoms. The minimum absolute atomic E-state index is 0.0107. The summed E-state index contributed by atoms with van der Waals surface area (Å²) in [4.78, 5) is 25.5. The maximum atomic E-state index is 12.9. The van der Waals surface area contributed by atoms with Gasteiger partial charge in [0.1, 0.15) is 5.75 Å². The van der Waals surface area contributed by atoms with E-state index in [1.165, 1.54) is 18.2 Å². The Morgan fingerprint density at radius 3 is 2.54 bits per heavy atom. The highest BCUT2D eigenvalue weighted by molar-refractivity contribution is 5.92. The van der Waals surface area contributed by atoms with Crippen LogP contribution in [0.15, 0.2) is 54.6 Å². The maximum Gasteiger partial charge on any atom is 0.276 e. The fourth-order valence-electron chi connectivity index (χ4n) is 3.23. The Bertz CT molecular complexity index is 872. The molecular weight excluding hydrogens is 356 g/mol. The van der Waals surface area contributed by atoms with Gasteiger partial charge in [-0.2, -0.15) is 0 Å². The fraction of sp³-hybridized carbons (Fsp3) is 0.318. The lowest BCUT2D eigenvalue weighted by molar-refractivity contribution is -0.385. The molecule has 1 unspecified atom stereocenters. The van der Waals surface area contributed by atoms with Gasteiger partial charge in [0.2, 0.25) is 5.91 Å². The molecule has 1 aliphatic carbocycles. The van der Waals surface area contributed by atoms with Crippen molar-refractivity contribution in [3.63, 3.8) is 0 Å². The number of nitrogens with zero attached hydrogens (tertiary/aromatic N) is 2. The molecular formula is C22H24N2O4. The van der Waals surface area contributed by atoms with Gasteiger partial charge in [-0.25, -0.2) is 0 Å². The molecule has 1 saturated carbocycles. The number of hydrogen-bond donors (Lipinski definition) is 0. The second kappa shape index (κ2) is 8.69. The number of benzene rings is 2. The summed E-state index contributed by atoms with van der Waals surface area (Å²) in [6, 6.07) is 14.2. The first-order valence-corrected chi connectivity index (χ1v) is 9.34. The molecule has 3 rings (SSSR count). The summed E-state index contributed by atoms with van der Waals surface area (Å²) in [6.45, 7) is 2.56. The van der Waals surface area contributed by atoms with Gasteiger partial charge in [0.05, 0.1) is 17.6 Å². The molecule has 1 aliphatic rings. The number of amides is 1. The zero-order valence-corrected chi connectivity index (χ0v) is 16.1.